The van der Waals surface area contributed by atoms with Crippen molar-refractivity contribution in [3.63, 3.8) is 0 Å². The molecule has 0 aliphatic carbocycles. The molecule has 2 saturated heterocycles. The summed E-state index contributed by atoms with van der Waals surface area (Å²) in [4.78, 5) is 24.1. The van der Waals surface area contributed by atoms with Crippen LogP contribution in [0.5, 0.6) is 0 Å². The van der Waals surface area contributed by atoms with Gasteiger partial charge in [-0.05, 0) is 38.5 Å². The fraction of sp³-hybridized carbons (Fsp3) is 0.875. The van der Waals surface area contributed by atoms with E-state index in [4.69, 9.17) is 14.6 Å². The van der Waals surface area contributed by atoms with Crippen molar-refractivity contribution in [2.75, 3.05) is 32.8 Å². The highest BCUT2D eigenvalue weighted by Gasteiger charge is 2.24. The van der Waals surface area contributed by atoms with Crippen LogP contribution in [0.4, 0.5) is 4.79 Å². The van der Waals surface area contributed by atoms with Crippen molar-refractivity contribution in [3.8, 4) is 0 Å². The number of nitrogens with zero attached hydrogens (tertiary/aromatic N) is 1. The highest BCUT2D eigenvalue weighted by molar-refractivity contribution is 5.74. The quantitative estimate of drug-likeness (QED) is 0.693. The van der Waals surface area contributed by atoms with Gasteiger partial charge in [-0.3, -0.25) is 4.79 Å². The Kier molecular flexibility index (Phi) is 7.61. The van der Waals surface area contributed by atoms with Crippen LogP contribution >= 0.6 is 0 Å². The molecule has 1 atom stereocenters. The van der Waals surface area contributed by atoms with Gasteiger partial charge in [0.25, 0.3) is 0 Å². The molecule has 2 fully saturated rings. The van der Waals surface area contributed by atoms with Gasteiger partial charge in [-0.25, -0.2) is 4.79 Å². The largest absolute Gasteiger partial charge is 0.481 e. The maximum Gasteiger partial charge on any atom is 0.317 e. The molecule has 2 aliphatic heterocycles. The molecule has 0 saturated carbocycles. The smallest absolute Gasteiger partial charge is 0.317 e. The van der Waals surface area contributed by atoms with Crippen LogP contribution in [0.3, 0.4) is 0 Å². The van der Waals surface area contributed by atoms with Gasteiger partial charge in [-0.2, -0.15) is 0 Å². The highest BCUT2D eigenvalue weighted by Crippen LogP contribution is 2.17. The summed E-state index contributed by atoms with van der Waals surface area (Å²) < 4.78 is 11.6. The number of nitrogens with one attached hydrogen (secondary N) is 1. The van der Waals surface area contributed by atoms with Gasteiger partial charge in [0.15, 0.2) is 0 Å². The van der Waals surface area contributed by atoms with Gasteiger partial charge in [0.1, 0.15) is 0 Å². The number of carbonyl (C=O) groups excluding carboxylic acids is 1. The zero-order chi connectivity index (χ0) is 16.5. The molecule has 2 aliphatic rings. The molecule has 0 bridgehead atoms. The van der Waals surface area contributed by atoms with E-state index in [0.717, 1.165) is 32.3 Å². The monoisotopic (exact) mass is 328 g/mol. The number of carbonyl (C=O) groups is 2. The Morgan fingerprint density at radius 3 is 2.65 bits per heavy atom. The minimum absolute atomic E-state index is 0.0828. The second-order valence-corrected chi connectivity index (χ2v) is 6.24. The van der Waals surface area contributed by atoms with E-state index < -0.39 is 5.97 Å². The van der Waals surface area contributed by atoms with Gasteiger partial charge in [0.05, 0.1) is 18.8 Å². The Morgan fingerprint density at radius 1 is 1.22 bits per heavy atom. The van der Waals surface area contributed by atoms with E-state index in [0.29, 0.717) is 32.7 Å². The lowest BCUT2D eigenvalue weighted by atomic mass is 10.1. The first kappa shape index (κ1) is 18.0. The zero-order valence-electron chi connectivity index (χ0n) is 13.7. The number of ether oxygens (including phenoxy) is 2. The third-order valence-corrected chi connectivity index (χ3v) is 4.36. The van der Waals surface area contributed by atoms with Crippen molar-refractivity contribution in [2.45, 2.75) is 57.2 Å². The van der Waals surface area contributed by atoms with E-state index in [-0.39, 0.29) is 24.7 Å². The zero-order valence-corrected chi connectivity index (χ0v) is 13.7. The standard InChI is InChI=1S/C16H28N2O5/c19-15(20)5-3-8-17-16(21)18-9-6-13(7-10-18)23-12-14-4-1-2-11-22-14/h13-14H,1-12H2,(H,17,21)(H,19,20). The van der Waals surface area contributed by atoms with Crippen LogP contribution in [0.25, 0.3) is 0 Å². The van der Waals surface area contributed by atoms with Crippen molar-refractivity contribution in [3.05, 3.63) is 0 Å². The van der Waals surface area contributed by atoms with Gasteiger partial charge in [0.2, 0.25) is 0 Å². The molecule has 23 heavy (non-hydrogen) atoms. The Hall–Kier alpha value is -1.34. The Morgan fingerprint density at radius 2 is 2.00 bits per heavy atom. The number of aliphatic carboxylic acids is 1. The van der Waals surface area contributed by atoms with Crippen LogP contribution in [0, 0.1) is 0 Å². The number of hydrogen-bond acceptors (Lipinski definition) is 4. The summed E-state index contributed by atoms with van der Waals surface area (Å²) in [6, 6.07) is -0.107. The van der Waals surface area contributed by atoms with Crippen LogP contribution in [0.1, 0.15) is 44.9 Å². The molecule has 132 valence electrons. The number of carboxylic acids is 1. The molecule has 2 heterocycles. The van der Waals surface area contributed by atoms with Crippen LogP contribution in [0.15, 0.2) is 0 Å². The lowest BCUT2D eigenvalue weighted by molar-refractivity contribution is -0.137. The molecule has 2 amide bonds. The van der Waals surface area contributed by atoms with Crippen molar-refractivity contribution >= 4 is 12.0 Å². The molecule has 0 spiro atoms. The molecule has 0 aromatic rings. The molecule has 7 nitrogen and oxygen atoms in total. The summed E-state index contributed by atoms with van der Waals surface area (Å²) >= 11 is 0. The Labute approximate surface area is 137 Å². The van der Waals surface area contributed by atoms with Crippen molar-refractivity contribution in [1.82, 2.24) is 10.2 Å². The van der Waals surface area contributed by atoms with Crippen molar-refractivity contribution < 1.29 is 24.2 Å². The van der Waals surface area contributed by atoms with E-state index in [9.17, 15) is 9.59 Å². The first-order valence-electron chi connectivity index (χ1n) is 8.63. The van der Waals surface area contributed by atoms with Gasteiger partial charge in [0, 0.05) is 32.7 Å². The highest BCUT2D eigenvalue weighted by atomic mass is 16.5. The molecule has 1 unspecified atom stereocenters. The van der Waals surface area contributed by atoms with Crippen molar-refractivity contribution in [1.29, 1.82) is 0 Å². The normalized spacial score (nSPS) is 22.8. The summed E-state index contributed by atoms with van der Waals surface area (Å²) in [5, 5.41) is 11.3. The molecule has 2 rings (SSSR count). The average molecular weight is 328 g/mol. The van der Waals surface area contributed by atoms with E-state index in [1.165, 1.54) is 6.42 Å². The van der Waals surface area contributed by atoms with Crippen molar-refractivity contribution in [2.24, 2.45) is 0 Å². The van der Waals surface area contributed by atoms with Crippen LogP contribution in [0.2, 0.25) is 0 Å². The number of piperidine rings is 1. The first-order valence-corrected chi connectivity index (χ1v) is 8.63. The maximum atomic E-state index is 12.0. The number of hydrogen-bond donors (Lipinski definition) is 2. The second-order valence-electron chi connectivity index (χ2n) is 6.24. The predicted octanol–water partition coefficient (Wildman–Crippen LogP) is 1.61. The number of amides is 2. The summed E-state index contributed by atoms with van der Waals surface area (Å²) in [6.07, 6.45) is 6.12. The molecule has 0 aromatic carbocycles. The second kappa shape index (κ2) is 9.72. The lowest BCUT2D eigenvalue weighted by Gasteiger charge is -2.33. The first-order chi connectivity index (χ1) is 11.1. The third kappa shape index (κ3) is 6.74. The van der Waals surface area contributed by atoms with Gasteiger partial charge < -0.3 is 24.8 Å². The Balaban J connectivity index is 1.55. The fourth-order valence-corrected chi connectivity index (χ4v) is 2.95. The van der Waals surface area contributed by atoms with Gasteiger partial charge in [-0.15, -0.1) is 0 Å². The number of rotatable bonds is 7. The van der Waals surface area contributed by atoms with E-state index in [1.807, 2.05) is 0 Å². The maximum absolute atomic E-state index is 12.0. The molecular weight excluding hydrogens is 300 g/mol. The summed E-state index contributed by atoms with van der Waals surface area (Å²) in [5.41, 5.74) is 0. The van der Waals surface area contributed by atoms with Crippen LogP contribution in [-0.4, -0.2) is 67.1 Å². The number of carboxylic acid groups (broad SMARTS) is 1. The van der Waals surface area contributed by atoms with E-state index in [1.54, 1.807) is 4.90 Å². The minimum atomic E-state index is -0.834. The number of likely N-dealkylation sites (tertiary alicyclic amines) is 1. The third-order valence-electron chi connectivity index (χ3n) is 4.36. The van der Waals surface area contributed by atoms with Gasteiger partial charge in [-0.1, -0.05) is 0 Å². The van der Waals surface area contributed by atoms with Crippen LogP contribution < -0.4 is 5.32 Å². The minimum Gasteiger partial charge on any atom is -0.481 e. The summed E-state index contributed by atoms with van der Waals surface area (Å²) in [5.74, 6) is -0.834. The van der Waals surface area contributed by atoms with Gasteiger partial charge >= 0.3 is 12.0 Å². The lowest BCUT2D eigenvalue weighted by Crippen LogP contribution is -2.46. The topological polar surface area (TPSA) is 88.1 Å². The molecule has 0 aromatic heterocycles. The molecule has 0 radical (unpaired) electrons. The number of urea groups is 1. The summed E-state index contributed by atoms with van der Waals surface area (Å²) in [7, 11) is 0. The molecule has 7 heteroatoms. The Bertz CT molecular complexity index is 377. The molecule has 2 N–H and O–H groups in total. The SMILES string of the molecule is O=C(O)CCCNC(=O)N1CCC(OCC2CCCCO2)CC1. The van der Waals surface area contributed by atoms with E-state index in [2.05, 4.69) is 5.32 Å². The average Bonchev–Trinajstić information content (AvgIpc) is 2.58. The van der Waals surface area contributed by atoms with E-state index >= 15 is 0 Å². The summed E-state index contributed by atoms with van der Waals surface area (Å²) in [6.45, 7) is 3.27. The fourth-order valence-electron chi connectivity index (χ4n) is 2.95. The molecular formula is C16H28N2O5. The van der Waals surface area contributed by atoms with Crippen LogP contribution in [-0.2, 0) is 14.3 Å². The predicted molar refractivity (Wildman–Crippen MR) is 84.4 cm³/mol.